The van der Waals surface area contributed by atoms with E-state index in [1.54, 1.807) is 39.7 Å². The van der Waals surface area contributed by atoms with Gasteiger partial charge in [0.2, 0.25) is 5.91 Å². The largest absolute Gasteiger partial charge is 0.337 e. The number of benzene rings is 1. The molecule has 0 saturated carbocycles. The Bertz CT molecular complexity index is 1190. The molecule has 1 aromatic carbocycles. The van der Waals surface area contributed by atoms with Crippen molar-refractivity contribution in [3.05, 3.63) is 45.7 Å². The predicted molar refractivity (Wildman–Crippen MR) is 123 cm³/mol. The van der Waals surface area contributed by atoms with E-state index in [0.29, 0.717) is 42.2 Å². The van der Waals surface area contributed by atoms with E-state index in [4.69, 9.17) is 11.6 Å². The number of halogens is 1. The number of amides is 2. The normalized spacial score (nSPS) is 20.2. The number of carbonyl (C=O) groups excluding carboxylic acids is 2. The molecule has 0 radical (unpaired) electrons. The van der Waals surface area contributed by atoms with Gasteiger partial charge in [-0.2, -0.15) is 5.10 Å². The Morgan fingerprint density at radius 3 is 2.69 bits per heavy atom. The molecule has 2 fully saturated rings. The number of nitrogens with zero attached hydrogens (tertiary/aromatic N) is 4. The summed E-state index contributed by atoms with van der Waals surface area (Å²) in [5, 5.41) is 5.03. The summed E-state index contributed by atoms with van der Waals surface area (Å²) in [6, 6.07) is 4.83. The molecule has 4 rings (SSSR count). The monoisotopic (exact) mass is 478 g/mol. The van der Waals surface area contributed by atoms with Crippen LogP contribution < -0.4 is 4.90 Å². The average molecular weight is 479 g/mol. The molecule has 2 aliphatic heterocycles. The van der Waals surface area contributed by atoms with Crippen LogP contribution in [0.5, 0.6) is 0 Å². The maximum Gasteiger partial charge on any atom is 0.253 e. The number of anilines is 1. The molecule has 0 unspecified atom stereocenters. The van der Waals surface area contributed by atoms with E-state index in [1.807, 2.05) is 13.8 Å². The summed E-state index contributed by atoms with van der Waals surface area (Å²) in [6.07, 6.45) is 1.82. The number of aromatic nitrogens is 2. The minimum atomic E-state index is -3.02. The van der Waals surface area contributed by atoms with Crippen molar-refractivity contribution in [3.63, 3.8) is 0 Å². The molecule has 2 aliphatic rings. The second-order valence-electron chi connectivity index (χ2n) is 8.63. The lowest BCUT2D eigenvalue weighted by molar-refractivity contribution is -0.117. The zero-order valence-corrected chi connectivity index (χ0v) is 20.0. The summed E-state index contributed by atoms with van der Waals surface area (Å²) in [5.41, 5.74) is 3.59. The molecular weight excluding hydrogens is 452 g/mol. The molecule has 172 valence electrons. The van der Waals surface area contributed by atoms with E-state index < -0.39 is 9.84 Å². The first-order valence-electron chi connectivity index (χ1n) is 10.7. The van der Waals surface area contributed by atoms with Crippen molar-refractivity contribution in [3.8, 4) is 0 Å². The average Bonchev–Trinajstić information content (AvgIpc) is 3.40. The molecule has 2 saturated heterocycles. The Morgan fingerprint density at radius 2 is 2.06 bits per heavy atom. The van der Waals surface area contributed by atoms with Gasteiger partial charge in [-0.1, -0.05) is 11.6 Å². The highest BCUT2D eigenvalue weighted by Gasteiger charge is 2.32. The van der Waals surface area contributed by atoms with Gasteiger partial charge in [0.15, 0.2) is 9.84 Å². The highest BCUT2D eigenvalue weighted by Crippen LogP contribution is 2.31. The third kappa shape index (κ3) is 4.28. The van der Waals surface area contributed by atoms with Crippen LogP contribution in [0.1, 0.15) is 52.6 Å². The Morgan fingerprint density at radius 1 is 1.31 bits per heavy atom. The van der Waals surface area contributed by atoms with Crippen LogP contribution in [-0.4, -0.2) is 60.0 Å². The van der Waals surface area contributed by atoms with Gasteiger partial charge in [-0.05, 0) is 44.9 Å². The third-order valence-corrected chi connectivity index (χ3v) is 8.40. The molecule has 1 aromatic heterocycles. The van der Waals surface area contributed by atoms with Crippen molar-refractivity contribution < 1.29 is 18.0 Å². The number of aryl methyl sites for hydroxylation is 1. The van der Waals surface area contributed by atoms with Crippen LogP contribution in [0.15, 0.2) is 18.2 Å². The highest BCUT2D eigenvalue weighted by atomic mass is 35.5. The fourth-order valence-corrected chi connectivity index (χ4v) is 6.45. The van der Waals surface area contributed by atoms with Crippen molar-refractivity contribution in [2.24, 2.45) is 0 Å². The molecule has 10 heteroatoms. The maximum atomic E-state index is 13.2. The topological polar surface area (TPSA) is 92.6 Å². The first kappa shape index (κ1) is 22.8. The fraction of sp³-hybridized carbons (Fsp3) is 0.500. The van der Waals surface area contributed by atoms with Crippen LogP contribution >= 0.6 is 11.6 Å². The van der Waals surface area contributed by atoms with Gasteiger partial charge >= 0.3 is 0 Å². The van der Waals surface area contributed by atoms with E-state index in [1.165, 1.54) is 0 Å². The SMILES string of the molecule is Cc1nn([C@@H]2CCS(=O)(=O)C2)c(C)c1CN(C)C(=O)c1ccc(Cl)c(N2CCCC2=O)c1. The molecule has 1 atom stereocenters. The molecule has 0 spiro atoms. The number of sulfone groups is 1. The van der Waals surface area contributed by atoms with Crippen molar-refractivity contribution in [1.82, 2.24) is 14.7 Å². The van der Waals surface area contributed by atoms with Crippen molar-refractivity contribution >= 4 is 38.9 Å². The van der Waals surface area contributed by atoms with Crippen LogP contribution in [0.4, 0.5) is 5.69 Å². The molecule has 3 heterocycles. The summed E-state index contributed by atoms with van der Waals surface area (Å²) in [6.45, 7) is 4.73. The second-order valence-corrected chi connectivity index (χ2v) is 11.3. The number of hydrogen-bond acceptors (Lipinski definition) is 5. The van der Waals surface area contributed by atoms with Gasteiger partial charge in [-0.25, -0.2) is 8.42 Å². The Kier molecular flexibility index (Phi) is 6.06. The smallest absolute Gasteiger partial charge is 0.253 e. The van der Waals surface area contributed by atoms with Gasteiger partial charge in [0, 0.05) is 43.4 Å². The fourth-order valence-electron chi connectivity index (χ4n) is 4.53. The third-order valence-electron chi connectivity index (χ3n) is 6.33. The van der Waals surface area contributed by atoms with Crippen molar-refractivity contribution in [2.45, 2.75) is 45.7 Å². The van der Waals surface area contributed by atoms with E-state index in [2.05, 4.69) is 5.10 Å². The van der Waals surface area contributed by atoms with Crippen molar-refractivity contribution in [1.29, 1.82) is 0 Å². The Labute approximate surface area is 193 Å². The number of hydrogen-bond donors (Lipinski definition) is 0. The molecule has 2 amide bonds. The molecule has 0 aliphatic carbocycles. The molecule has 2 aromatic rings. The molecule has 8 nitrogen and oxygen atoms in total. The molecular formula is C22H27ClN4O4S. The minimum Gasteiger partial charge on any atom is -0.337 e. The summed E-state index contributed by atoms with van der Waals surface area (Å²) < 4.78 is 25.6. The van der Waals surface area contributed by atoms with E-state index in [9.17, 15) is 18.0 Å². The number of carbonyl (C=O) groups is 2. The van der Waals surface area contributed by atoms with E-state index >= 15 is 0 Å². The van der Waals surface area contributed by atoms with Crippen LogP contribution in [0.3, 0.4) is 0 Å². The minimum absolute atomic E-state index is 0.0115. The highest BCUT2D eigenvalue weighted by molar-refractivity contribution is 7.91. The molecule has 0 N–H and O–H groups in total. The van der Waals surface area contributed by atoms with Crippen LogP contribution in [0, 0.1) is 13.8 Å². The summed E-state index contributed by atoms with van der Waals surface area (Å²) in [7, 11) is -1.30. The second kappa shape index (κ2) is 8.51. The van der Waals surface area contributed by atoms with Gasteiger partial charge in [0.05, 0.1) is 34.0 Å². The van der Waals surface area contributed by atoms with Gasteiger partial charge in [-0.15, -0.1) is 0 Å². The van der Waals surface area contributed by atoms with Crippen LogP contribution in [-0.2, 0) is 21.2 Å². The van der Waals surface area contributed by atoms with E-state index in [-0.39, 0.29) is 29.4 Å². The molecule has 32 heavy (non-hydrogen) atoms. The lowest BCUT2D eigenvalue weighted by atomic mass is 10.1. The van der Waals surface area contributed by atoms with Gasteiger partial charge in [0.25, 0.3) is 5.91 Å². The van der Waals surface area contributed by atoms with Crippen molar-refractivity contribution in [2.75, 3.05) is 30.0 Å². The Hall–Kier alpha value is -2.39. The van der Waals surface area contributed by atoms with Gasteiger partial charge in [-0.3, -0.25) is 14.3 Å². The zero-order valence-electron chi connectivity index (χ0n) is 18.5. The predicted octanol–water partition coefficient (Wildman–Crippen LogP) is 2.91. The van der Waals surface area contributed by atoms with Gasteiger partial charge in [0.1, 0.15) is 0 Å². The van der Waals surface area contributed by atoms with Gasteiger partial charge < -0.3 is 9.80 Å². The van der Waals surface area contributed by atoms with Crippen LogP contribution in [0.25, 0.3) is 0 Å². The first-order chi connectivity index (χ1) is 15.1. The van der Waals surface area contributed by atoms with Crippen LogP contribution in [0.2, 0.25) is 5.02 Å². The lowest BCUT2D eigenvalue weighted by Gasteiger charge is -2.21. The maximum absolute atomic E-state index is 13.2. The quantitative estimate of drug-likeness (QED) is 0.658. The first-order valence-corrected chi connectivity index (χ1v) is 12.9. The summed E-state index contributed by atoms with van der Waals surface area (Å²) >= 11 is 6.31. The zero-order chi connectivity index (χ0) is 23.2. The lowest BCUT2D eigenvalue weighted by Crippen LogP contribution is -2.28. The number of rotatable bonds is 5. The summed E-state index contributed by atoms with van der Waals surface area (Å²) in [5.74, 6) is 0.107. The Balaban J connectivity index is 1.54. The summed E-state index contributed by atoms with van der Waals surface area (Å²) in [4.78, 5) is 28.5. The molecule has 0 bridgehead atoms. The standard InChI is InChI=1S/C22H27ClN4O4S/c1-14-18(15(2)27(24-14)17-8-10-32(30,31)13-17)12-25(3)22(29)16-6-7-19(23)20(11-16)26-9-4-5-21(26)28/h6-7,11,17H,4-5,8-10,12-13H2,1-3H3/t17-/m1/s1. The van der Waals surface area contributed by atoms with E-state index in [0.717, 1.165) is 23.4 Å².